The van der Waals surface area contributed by atoms with E-state index in [-0.39, 0.29) is 6.15 Å². The third-order valence-corrected chi connectivity index (χ3v) is 0.586. The van der Waals surface area contributed by atoms with Crippen LogP contribution in [0.25, 0.3) is 0 Å². The molecule has 0 amide bonds. The first-order chi connectivity index (χ1) is 3.81. The van der Waals surface area contributed by atoms with Crippen molar-refractivity contribution in [2.24, 2.45) is 0 Å². The molecule has 0 aliphatic carbocycles. The molecule has 0 saturated carbocycles. The van der Waals surface area contributed by atoms with Crippen LogP contribution in [0.3, 0.4) is 0 Å². The molecule has 0 aromatic heterocycles. The highest BCUT2D eigenvalue weighted by Crippen LogP contribution is 1.85. The van der Waals surface area contributed by atoms with Crippen LogP contribution in [0.4, 0.5) is 0 Å². The first-order valence-corrected chi connectivity index (χ1v) is 2.34. The molecule has 0 heterocycles. The first-order valence-electron chi connectivity index (χ1n) is 2.34. The summed E-state index contributed by atoms with van der Waals surface area (Å²) in [6.07, 6.45) is 2.02. The highest BCUT2D eigenvalue weighted by atomic mass is 16.6. The summed E-state index contributed by atoms with van der Waals surface area (Å²) in [6, 6.07) is 0. The summed E-state index contributed by atoms with van der Waals surface area (Å²) < 4.78 is 4.66. The third kappa shape index (κ3) is 7.36. The topological polar surface area (TPSA) is 64.5 Å². The zero-order chi connectivity index (χ0) is 6.41. The van der Waals surface area contributed by atoms with Gasteiger partial charge in [0.25, 0.3) is 0 Å². The zero-order valence-electron chi connectivity index (χ0n) is 5.42. The minimum atomic E-state index is -0.854. The second kappa shape index (κ2) is 7.36. The van der Waals surface area contributed by atoms with Gasteiger partial charge in [0.1, 0.15) is 0 Å². The SMILES string of the molecule is C=CCOC(O)C=C.N. The van der Waals surface area contributed by atoms with Crippen molar-refractivity contribution in [1.29, 1.82) is 0 Å². The molecular formula is C6H13NO2. The standard InChI is InChI=1S/C6H10O2.H3N/c1-3-5-8-6(7)4-2;/h3-4,6-7H,1-2,5H2;1H3. The fourth-order valence-electron chi connectivity index (χ4n) is 0.235. The van der Waals surface area contributed by atoms with E-state index < -0.39 is 6.29 Å². The molecule has 0 aromatic carbocycles. The normalized spacial score (nSPS) is 11.2. The summed E-state index contributed by atoms with van der Waals surface area (Å²) in [6.45, 7) is 7.06. The van der Waals surface area contributed by atoms with Crippen LogP contribution in [-0.4, -0.2) is 18.0 Å². The van der Waals surface area contributed by atoms with Crippen molar-refractivity contribution >= 4 is 0 Å². The molecule has 0 radical (unpaired) electrons. The van der Waals surface area contributed by atoms with Crippen molar-refractivity contribution in [2.75, 3.05) is 6.61 Å². The summed E-state index contributed by atoms with van der Waals surface area (Å²) in [5.41, 5.74) is 0. The Kier molecular flexibility index (Phi) is 9.16. The molecule has 0 rings (SSSR count). The second-order valence-electron chi connectivity index (χ2n) is 1.25. The van der Waals surface area contributed by atoms with Gasteiger partial charge in [-0.3, -0.25) is 0 Å². The Labute approximate surface area is 55.2 Å². The quantitative estimate of drug-likeness (QED) is 0.439. The summed E-state index contributed by atoms with van der Waals surface area (Å²) in [5.74, 6) is 0. The molecular weight excluding hydrogens is 118 g/mol. The van der Waals surface area contributed by atoms with Crippen LogP contribution < -0.4 is 6.15 Å². The molecule has 54 valence electrons. The van der Waals surface area contributed by atoms with E-state index in [2.05, 4.69) is 17.9 Å². The smallest absolute Gasteiger partial charge is 0.174 e. The van der Waals surface area contributed by atoms with Crippen molar-refractivity contribution in [1.82, 2.24) is 6.15 Å². The Hall–Kier alpha value is -0.640. The van der Waals surface area contributed by atoms with Crippen LogP contribution in [0.1, 0.15) is 0 Å². The summed E-state index contributed by atoms with van der Waals surface area (Å²) in [4.78, 5) is 0. The number of hydrogen-bond donors (Lipinski definition) is 2. The Morgan fingerprint density at radius 1 is 1.56 bits per heavy atom. The van der Waals surface area contributed by atoms with Gasteiger partial charge in [0.15, 0.2) is 6.29 Å². The molecule has 0 bridgehead atoms. The Bertz CT molecular complexity index is 83.1. The first kappa shape index (κ1) is 11.2. The fraction of sp³-hybridized carbons (Fsp3) is 0.333. The van der Waals surface area contributed by atoms with Crippen LogP contribution in [0.2, 0.25) is 0 Å². The van der Waals surface area contributed by atoms with E-state index >= 15 is 0 Å². The van der Waals surface area contributed by atoms with E-state index in [1.54, 1.807) is 6.08 Å². The Morgan fingerprint density at radius 3 is 2.44 bits per heavy atom. The highest BCUT2D eigenvalue weighted by Gasteiger charge is 1.90. The fourth-order valence-corrected chi connectivity index (χ4v) is 0.235. The minimum Gasteiger partial charge on any atom is -0.365 e. The van der Waals surface area contributed by atoms with Crippen molar-refractivity contribution < 1.29 is 9.84 Å². The van der Waals surface area contributed by atoms with Crippen LogP contribution in [0, 0.1) is 0 Å². The number of hydrogen-bond acceptors (Lipinski definition) is 3. The second-order valence-corrected chi connectivity index (χ2v) is 1.25. The van der Waals surface area contributed by atoms with E-state index in [9.17, 15) is 0 Å². The van der Waals surface area contributed by atoms with Crippen molar-refractivity contribution in [3.05, 3.63) is 25.3 Å². The van der Waals surface area contributed by atoms with Crippen molar-refractivity contribution in [3.8, 4) is 0 Å². The third-order valence-electron chi connectivity index (χ3n) is 0.586. The molecule has 0 fully saturated rings. The molecule has 3 nitrogen and oxygen atoms in total. The van der Waals surface area contributed by atoms with E-state index in [1.165, 1.54) is 6.08 Å². The number of aliphatic hydroxyl groups excluding tert-OH is 1. The zero-order valence-corrected chi connectivity index (χ0v) is 5.42. The predicted octanol–water partition coefficient (Wildman–Crippen LogP) is 0.855. The molecule has 1 atom stereocenters. The number of aliphatic hydroxyl groups is 1. The molecule has 0 aliphatic rings. The monoisotopic (exact) mass is 131 g/mol. The van der Waals surface area contributed by atoms with Gasteiger partial charge >= 0.3 is 0 Å². The predicted molar refractivity (Wildman–Crippen MR) is 37.4 cm³/mol. The molecule has 9 heavy (non-hydrogen) atoms. The molecule has 0 spiro atoms. The molecule has 3 heteroatoms. The lowest BCUT2D eigenvalue weighted by molar-refractivity contribution is -0.0519. The maximum atomic E-state index is 8.60. The van der Waals surface area contributed by atoms with Gasteiger partial charge in [-0.2, -0.15) is 0 Å². The molecule has 1 unspecified atom stereocenters. The van der Waals surface area contributed by atoms with Crippen LogP contribution >= 0.6 is 0 Å². The summed E-state index contributed by atoms with van der Waals surface area (Å²) in [7, 11) is 0. The van der Waals surface area contributed by atoms with Crippen LogP contribution in [-0.2, 0) is 4.74 Å². The lowest BCUT2D eigenvalue weighted by Crippen LogP contribution is -2.06. The average molecular weight is 131 g/mol. The van der Waals surface area contributed by atoms with Gasteiger partial charge in [0.05, 0.1) is 6.61 Å². The lowest BCUT2D eigenvalue weighted by atomic mass is 10.6. The highest BCUT2D eigenvalue weighted by molar-refractivity contribution is 4.72. The van der Waals surface area contributed by atoms with Gasteiger partial charge in [-0.25, -0.2) is 0 Å². The molecule has 0 aliphatic heterocycles. The van der Waals surface area contributed by atoms with Gasteiger partial charge in [0.2, 0.25) is 0 Å². The molecule has 4 N–H and O–H groups in total. The van der Waals surface area contributed by atoms with E-state index in [0.717, 1.165) is 0 Å². The van der Waals surface area contributed by atoms with E-state index in [4.69, 9.17) is 5.11 Å². The van der Waals surface area contributed by atoms with Crippen LogP contribution in [0.5, 0.6) is 0 Å². The summed E-state index contributed by atoms with van der Waals surface area (Å²) >= 11 is 0. The molecule has 0 saturated heterocycles. The van der Waals surface area contributed by atoms with E-state index in [1.807, 2.05) is 0 Å². The Balaban J connectivity index is 0. The summed E-state index contributed by atoms with van der Waals surface area (Å²) in [5, 5.41) is 8.60. The van der Waals surface area contributed by atoms with Gasteiger partial charge in [-0.1, -0.05) is 12.7 Å². The van der Waals surface area contributed by atoms with Crippen molar-refractivity contribution in [2.45, 2.75) is 6.29 Å². The van der Waals surface area contributed by atoms with Crippen molar-refractivity contribution in [3.63, 3.8) is 0 Å². The maximum absolute atomic E-state index is 8.60. The number of ether oxygens (including phenoxy) is 1. The molecule has 0 aromatic rings. The van der Waals surface area contributed by atoms with Gasteiger partial charge in [-0.15, -0.1) is 6.58 Å². The largest absolute Gasteiger partial charge is 0.365 e. The number of rotatable bonds is 4. The van der Waals surface area contributed by atoms with Gasteiger partial charge in [0, 0.05) is 0 Å². The van der Waals surface area contributed by atoms with Gasteiger partial charge < -0.3 is 16.0 Å². The van der Waals surface area contributed by atoms with Gasteiger partial charge in [-0.05, 0) is 6.08 Å². The van der Waals surface area contributed by atoms with E-state index in [0.29, 0.717) is 6.61 Å². The average Bonchev–Trinajstić information content (AvgIpc) is 1.83. The van der Waals surface area contributed by atoms with Crippen LogP contribution in [0.15, 0.2) is 25.3 Å². The lowest BCUT2D eigenvalue weighted by Gasteiger charge is -2.01. The maximum Gasteiger partial charge on any atom is 0.174 e. The Morgan fingerprint density at radius 2 is 2.11 bits per heavy atom. The minimum absolute atomic E-state index is 0.